The standard InChI is InChI=1S/C11H17N5O/c12-10-13-7-14-11(15-10)16-4-3-8(6-16)9-2-1-5-17-9/h7-9H,1-6H2,(H2,12,13,14,15). The zero-order chi connectivity index (χ0) is 11.7. The van der Waals surface area contributed by atoms with Gasteiger partial charge in [0.1, 0.15) is 6.33 Å². The molecule has 0 bridgehead atoms. The molecule has 2 saturated heterocycles. The minimum Gasteiger partial charge on any atom is -0.378 e. The molecule has 2 aliphatic rings. The van der Waals surface area contributed by atoms with Crippen LogP contribution in [0.25, 0.3) is 0 Å². The smallest absolute Gasteiger partial charge is 0.230 e. The van der Waals surface area contributed by atoms with Gasteiger partial charge in [0.05, 0.1) is 6.10 Å². The summed E-state index contributed by atoms with van der Waals surface area (Å²) in [5, 5.41) is 0. The van der Waals surface area contributed by atoms with E-state index in [1.54, 1.807) is 0 Å². The first-order valence-electron chi connectivity index (χ1n) is 6.14. The number of nitrogens with two attached hydrogens (primary N) is 1. The molecule has 0 spiro atoms. The molecule has 92 valence electrons. The van der Waals surface area contributed by atoms with E-state index in [-0.39, 0.29) is 5.95 Å². The molecule has 3 heterocycles. The molecule has 2 atom stereocenters. The lowest BCUT2D eigenvalue weighted by Gasteiger charge is -2.19. The molecule has 0 saturated carbocycles. The Balaban J connectivity index is 1.67. The van der Waals surface area contributed by atoms with Crippen LogP contribution in [-0.2, 0) is 4.74 Å². The summed E-state index contributed by atoms with van der Waals surface area (Å²) in [6, 6.07) is 0. The van der Waals surface area contributed by atoms with Crippen molar-refractivity contribution < 1.29 is 4.74 Å². The Morgan fingerprint density at radius 3 is 3.06 bits per heavy atom. The van der Waals surface area contributed by atoms with Gasteiger partial charge in [-0.2, -0.15) is 4.98 Å². The van der Waals surface area contributed by atoms with Crippen LogP contribution in [0.4, 0.5) is 11.9 Å². The van der Waals surface area contributed by atoms with E-state index in [2.05, 4.69) is 19.9 Å². The Kier molecular flexibility index (Phi) is 2.80. The Bertz CT molecular complexity index is 393. The van der Waals surface area contributed by atoms with Gasteiger partial charge in [0, 0.05) is 25.6 Å². The van der Waals surface area contributed by atoms with E-state index in [4.69, 9.17) is 10.5 Å². The van der Waals surface area contributed by atoms with Crippen molar-refractivity contribution in [1.29, 1.82) is 0 Å². The van der Waals surface area contributed by atoms with Gasteiger partial charge in [-0.1, -0.05) is 0 Å². The molecule has 0 aliphatic carbocycles. The third-order valence-electron chi connectivity index (χ3n) is 3.58. The summed E-state index contributed by atoms with van der Waals surface area (Å²) in [4.78, 5) is 14.3. The second-order valence-corrected chi connectivity index (χ2v) is 4.69. The monoisotopic (exact) mass is 235 g/mol. The van der Waals surface area contributed by atoms with Crippen LogP contribution < -0.4 is 10.6 Å². The maximum Gasteiger partial charge on any atom is 0.230 e. The number of nitrogens with zero attached hydrogens (tertiary/aromatic N) is 4. The van der Waals surface area contributed by atoms with Gasteiger partial charge < -0.3 is 15.4 Å². The Morgan fingerprint density at radius 1 is 1.35 bits per heavy atom. The summed E-state index contributed by atoms with van der Waals surface area (Å²) in [5.41, 5.74) is 5.57. The minimum absolute atomic E-state index is 0.288. The molecule has 2 fully saturated rings. The number of hydrogen-bond acceptors (Lipinski definition) is 6. The Hall–Kier alpha value is -1.43. The molecule has 0 amide bonds. The fraction of sp³-hybridized carbons (Fsp3) is 0.727. The summed E-state index contributed by atoms with van der Waals surface area (Å²) in [7, 11) is 0. The van der Waals surface area contributed by atoms with Crippen LogP contribution in [0, 0.1) is 5.92 Å². The number of rotatable bonds is 2. The highest BCUT2D eigenvalue weighted by Gasteiger charge is 2.33. The van der Waals surface area contributed by atoms with Gasteiger partial charge in [0.25, 0.3) is 0 Å². The molecule has 3 rings (SSSR count). The summed E-state index contributed by atoms with van der Waals surface area (Å²) in [6.07, 6.45) is 5.43. The van der Waals surface area contributed by atoms with Gasteiger partial charge in [-0.15, -0.1) is 0 Å². The average Bonchev–Trinajstić information content (AvgIpc) is 3.00. The Morgan fingerprint density at radius 2 is 2.29 bits per heavy atom. The highest BCUT2D eigenvalue weighted by Crippen LogP contribution is 2.29. The lowest BCUT2D eigenvalue weighted by molar-refractivity contribution is 0.0705. The van der Waals surface area contributed by atoms with Gasteiger partial charge in [-0.05, 0) is 19.3 Å². The predicted molar refractivity (Wildman–Crippen MR) is 63.5 cm³/mol. The first-order chi connectivity index (χ1) is 8.33. The number of nitrogen functional groups attached to an aromatic ring is 1. The minimum atomic E-state index is 0.288. The van der Waals surface area contributed by atoms with Crippen LogP contribution in [-0.4, -0.2) is 40.8 Å². The number of aromatic nitrogens is 3. The quantitative estimate of drug-likeness (QED) is 0.802. The zero-order valence-corrected chi connectivity index (χ0v) is 9.75. The van der Waals surface area contributed by atoms with Crippen molar-refractivity contribution in [1.82, 2.24) is 15.0 Å². The van der Waals surface area contributed by atoms with Crippen molar-refractivity contribution in [3.8, 4) is 0 Å². The molecule has 2 aliphatic heterocycles. The van der Waals surface area contributed by atoms with Gasteiger partial charge in [0.2, 0.25) is 11.9 Å². The summed E-state index contributed by atoms with van der Waals surface area (Å²) < 4.78 is 5.74. The van der Waals surface area contributed by atoms with Crippen LogP contribution in [0.15, 0.2) is 6.33 Å². The third kappa shape index (κ3) is 2.17. The maximum absolute atomic E-state index is 5.74. The van der Waals surface area contributed by atoms with Crippen molar-refractivity contribution in [2.75, 3.05) is 30.3 Å². The third-order valence-corrected chi connectivity index (χ3v) is 3.58. The van der Waals surface area contributed by atoms with E-state index in [0.29, 0.717) is 18.0 Å². The van der Waals surface area contributed by atoms with Crippen LogP contribution in [0.1, 0.15) is 19.3 Å². The normalized spacial score (nSPS) is 28.8. The summed E-state index contributed by atoms with van der Waals surface area (Å²) in [5.74, 6) is 1.59. The lowest BCUT2D eigenvalue weighted by Crippen LogP contribution is -2.26. The summed E-state index contributed by atoms with van der Waals surface area (Å²) in [6.45, 7) is 2.86. The van der Waals surface area contributed by atoms with Crippen molar-refractivity contribution >= 4 is 11.9 Å². The van der Waals surface area contributed by atoms with E-state index in [1.165, 1.54) is 19.2 Å². The highest BCUT2D eigenvalue weighted by molar-refractivity contribution is 5.34. The fourth-order valence-corrected chi connectivity index (χ4v) is 2.70. The molecule has 2 N–H and O–H groups in total. The van der Waals surface area contributed by atoms with Crippen LogP contribution in [0.5, 0.6) is 0 Å². The maximum atomic E-state index is 5.74. The van der Waals surface area contributed by atoms with Crippen LogP contribution in [0.2, 0.25) is 0 Å². The predicted octanol–water partition coefficient (Wildman–Crippen LogP) is 0.459. The fourth-order valence-electron chi connectivity index (χ4n) is 2.70. The van der Waals surface area contributed by atoms with E-state index in [1.807, 2.05) is 0 Å². The summed E-state index contributed by atoms with van der Waals surface area (Å²) >= 11 is 0. The van der Waals surface area contributed by atoms with E-state index >= 15 is 0 Å². The lowest BCUT2D eigenvalue weighted by atomic mass is 9.99. The molecule has 0 radical (unpaired) electrons. The number of anilines is 2. The first-order valence-corrected chi connectivity index (χ1v) is 6.14. The SMILES string of the molecule is Nc1ncnc(N2CCC(C3CCCO3)C2)n1. The van der Waals surface area contributed by atoms with Gasteiger partial charge in [-0.25, -0.2) is 9.97 Å². The molecule has 1 aromatic rings. The molecule has 17 heavy (non-hydrogen) atoms. The molecule has 1 aromatic heterocycles. The Labute approximate surface area is 100 Å². The highest BCUT2D eigenvalue weighted by atomic mass is 16.5. The second-order valence-electron chi connectivity index (χ2n) is 4.69. The van der Waals surface area contributed by atoms with Gasteiger partial charge in [-0.3, -0.25) is 0 Å². The molecular weight excluding hydrogens is 218 g/mol. The molecule has 0 aromatic carbocycles. The van der Waals surface area contributed by atoms with Crippen LogP contribution >= 0.6 is 0 Å². The van der Waals surface area contributed by atoms with Crippen molar-refractivity contribution in [3.05, 3.63) is 6.33 Å². The molecule has 6 nitrogen and oxygen atoms in total. The zero-order valence-electron chi connectivity index (χ0n) is 9.75. The van der Waals surface area contributed by atoms with Crippen molar-refractivity contribution in [3.63, 3.8) is 0 Å². The molecular formula is C11H17N5O. The molecule has 2 unspecified atom stereocenters. The van der Waals surface area contributed by atoms with E-state index < -0.39 is 0 Å². The van der Waals surface area contributed by atoms with Crippen LogP contribution in [0.3, 0.4) is 0 Å². The largest absolute Gasteiger partial charge is 0.378 e. The van der Waals surface area contributed by atoms with Gasteiger partial charge >= 0.3 is 0 Å². The average molecular weight is 235 g/mol. The second kappa shape index (κ2) is 4.44. The van der Waals surface area contributed by atoms with Gasteiger partial charge in [0.15, 0.2) is 0 Å². The van der Waals surface area contributed by atoms with E-state index in [0.717, 1.165) is 26.1 Å². The number of hydrogen-bond donors (Lipinski definition) is 1. The van der Waals surface area contributed by atoms with E-state index in [9.17, 15) is 0 Å². The topological polar surface area (TPSA) is 77.2 Å². The first kappa shape index (κ1) is 10.7. The van der Waals surface area contributed by atoms with Crippen molar-refractivity contribution in [2.24, 2.45) is 5.92 Å². The number of ether oxygens (including phenoxy) is 1. The van der Waals surface area contributed by atoms with Crippen molar-refractivity contribution in [2.45, 2.75) is 25.4 Å². The molecule has 6 heteroatoms.